The van der Waals surface area contributed by atoms with Gasteiger partial charge in [0.05, 0.1) is 19.1 Å². The molecule has 0 spiro atoms. The first-order valence-electron chi connectivity index (χ1n) is 4.98. The van der Waals surface area contributed by atoms with Gasteiger partial charge in [0.25, 0.3) is 10.1 Å². The fraction of sp³-hybridized carbons (Fsp3) is 0.545. The number of ether oxygens (including phenoxy) is 1. The third-order valence-electron chi connectivity index (χ3n) is 1.45. The van der Waals surface area contributed by atoms with Crippen LogP contribution < -0.4 is 0 Å². The molecule has 0 bridgehead atoms. The smallest absolute Gasteiger partial charge is 0.330 e. The van der Waals surface area contributed by atoms with Crippen LogP contribution in [0.5, 0.6) is 0 Å². The van der Waals surface area contributed by atoms with Gasteiger partial charge < -0.3 is 4.74 Å². The Hall–Kier alpha value is -1.14. The Balaban J connectivity index is 4.32. The average Bonchev–Trinajstić information content (AvgIpc) is 2.20. The first kappa shape index (κ1) is 15.9. The number of hydrogen-bond acceptors (Lipinski definition) is 5. The highest BCUT2D eigenvalue weighted by molar-refractivity contribution is 7.89. The Morgan fingerprint density at radius 1 is 1.24 bits per heavy atom. The summed E-state index contributed by atoms with van der Waals surface area (Å²) in [5, 5.41) is 0.887. The standard InChI is InChI=1S/C11H18O5S/c1-11(2,3)9-16-17(13,14)8-6-5-7-10(12)15-4/h5-8H,9H2,1-4H3/b7-5-,8-6-. The summed E-state index contributed by atoms with van der Waals surface area (Å²) in [6.07, 6.45) is 3.58. The highest BCUT2D eigenvalue weighted by Crippen LogP contribution is 2.14. The van der Waals surface area contributed by atoms with Crippen molar-refractivity contribution in [3.8, 4) is 0 Å². The Labute approximate surface area is 102 Å². The molecule has 6 heteroatoms. The van der Waals surface area contributed by atoms with Crippen LogP contribution in [0.2, 0.25) is 0 Å². The van der Waals surface area contributed by atoms with E-state index in [1.165, 1.54) is 19.3 Å². The minimum absolute atomic E-state index is 0.0976. The van der Waals surface area contributed by atoms with Gasteiger partial charge in [-0.05, 0) is 11.5 Å². The maximum absolute atomic E-state index is 11.3. The van der Waals surface area contributed by atoms with Crippen molar-refractivity contribution in [1.29, 1.82) is 0 Å². The van der Waals surface area contributed by atoms with Gasteiger partial charge in [-0.2, -0.15) is 8.42 Å². The molecule has 0 aromatic heterocycles. The van der Waals surface area contributed by atoms with Crippen LogP contribution in [0, 0.1) is 5.41 Å². The minimum Gasteiger partial charge on any atom is -0.466 e. The van der Waals surface area contributed by atoms with E-state index in [2.05, 4.69) is 4.74 Å². The first-order chi connectivity index (χ1) is 7.66. The lowest BCUT2D eigenvalue weighted by Crippen LogP contribution is -2.17. The van der Waals surface area contributed by atoms with E-state index in [4.69, 9.17) is 4.18 Å². The zero-order chi connectivity index (χ0) is 13.5. The van der Waals surface area contributed by atoms with Crippen LogP contribution >= 0.6 is 0 Å². The van der Waals surface area contributed by atoms with Gasteiger partial charge in [0.15, 0.2) is 0 Å². The second-order valence-corrected chi connectivity index (χ2v) is 6.02. The molecule has 0 saturated heterocycles. The van der Waals surface area contributed by atoms with Crippen LogP contribution in [0.3, 0.4) is 0 Å². The van der Waals surface area contributed by atoms with Gasteiger partial charge in [-0.1, -0.05) is 26.8 Å². The van der Waals surface area contributed by atoms with E-state index in [9.17, 15) is 13.2 Å². The zero-order valence-electron chi connectivity index (χ0n) is 10.5. The first-order valence-corrected chi connectivity index (χ1v) is 6.45. The van der Waals surface area contributed by atoms with Crippen molar-refractivity contribution in [2.24, 2.45) is 5.41 Å². The molecule has 0 amide bonds. The molecule has 0 aliphatic rings. The molecule has 0 heterocycles. The second-order valence-electron chi connectivity index (χ2n) is 4.53. The number of hydrogen-bond donors (Lipinski definition) is 0. The van der Waals surface area contributed by atoms with Crippen molar-refractivity contribution >= 4 is 16.1 Å². The fourth-order valence-corrected chi connectivity index (χ4v) is 1.52. The number of esters is 1. The zero-order valence-corrected chi connectivity index (χ0v) is 11.3. The molecular weight excluding hydrogens is 244 g/mol. The Kier molecular flexibility index (Phi) is 6.12. The van der Waals surface area contributed by atoms with Crippen LogP contribution in [0.15, 0.2) is 23.6 Å². The average molecular weight is 262 g/mol. The predicted octanol–water partition coefficient (Wildman–Crippen LogP) is 1.62. The van der Waals surface area contributed by atoms with Gasteiger partial charge in [0.1, 0.15) is 0 Å². The quantitative estimate of drug-likeness (QED) is 0.326. The fourth-order valence-electron chi connectivity index (χ4n) is 0.642. The highest BCUT2D eigenvalue weighted by Gasteiger charge is 2.15. The SMILES string of the molecule is COC(=O)/C=C\C=C/S(=O)(=O)OCC(C)(C)C. The Bertz CT molecular complexity index is 398. The largest absolute Gasteiger partial charge is 0.466 e. The van der Waals surface area contributed by atoms with Gasteiger partial charge in [0, 0.05) is 6.08 Å². The molecule has 0 aliphatic carbocycles. The summed E-state index contributed by atoms with van der Waals surface area (Å²) < 4.78 is 31.8. The lowest BCUT2D eigenvalue weighted by atomic mass is 9.99. The second kappa shape index (κ2) is 6.56. The van der Waals surface area contributed by atoms with E-state index in [0.717, 1.165) is 11.5 Å². The summed E-state index contributed by atoms with van der Waals surface area (Å²) in [5.74, 6) is -0.553. The van der Waals surface area contributed by atoms with Gasteiger partial charge >= 0.3 is 5.97 Å². The van der Waals surface area contributed by atoms with Crippen molar-refractivity contribution in [3.05, 3.63) is 23.6 Å². The minimum atomic E-state index is -3.70. The predicted molar refractivity (Wildman–Crippen MR) is 64.6 cm³/mol. The number of allylic oxidation sites excluding steroid dienone is 2. The lowest BCUT2D eigenvalue weighted by molar-refractivity contribution is -0.134. The van der Waals surface area contributed by atoms with Crippen LogP contribution in [0.4, 0.5) is 0 Å². The van der Waals surface area contributed by atoms with E-state index in [1.54, 1.807) is 0 Å². The molecule has 0 atom stereocenters. The van der Waals surface area contributed by atoms with Crippen molar-refractivity contribution < 1.29 is 22.1 Å². The number of rotatable bonds is 5. The summed E-state index contributed by atoms with van der Waals surface area (Å²) >= 11 is 0. The van der Waals surface area contributed by atoms with Crippen LogP contribution in [-0.2, 0) is 23.8 Å². The molecule has 5 nitrogen and oxygen atoms in total. The molecule has 0 unspecified atom stereocenters. The molecule has 0 rings (SSSR count). The lowest BCUT2D eigenvalue weighted by Gasteiger charge is -2.16. The van der Waals surface area contributed by atoms with Crippen LogP contribution in [-0.4, -0.2) is 28.1 Å². The molecule has 0 aliphatic heterocycles. The highest BCUT2D eigenvalue weighted by atomic mass is 32.2. The van der Waals surface area contributed by atoms with Gasteiger partial charge in [0.2, 0.25) is 0 Å². The molecular formula is C11H18O5S. The topological polar surface area (TPSA) is 69.7 Å². The summed E-state index contributed by atoms with van der Waals surface area (Å²) in [6, 6.07) is 0. The van der Waals surface area contributed by atoms with Crippen molar-refractivity contribution in [1.82, 2.24) is 0 Å². The molecule has 0 N–H and O–H groups in total. The third-order valence-corrected chi connectivity index (χ3v) is 2.38. The number of carbonyl (C=O) groups excluding carboxylic acids is 1. The Morgan fingerprint density at radius 3 is 2.29 bits per heavy atom. The van der Waals surface area contributed by atoms with Gasteiger partial charge in [-0.15, -0.1) is 0 Å². The maximum atomic E-state index is 11.3. The maximum Gasteiger partial charge on any atom is 0.330 e. The molecule has 0 radical (unpaired) electrons. The van der Waals surface area contributed by atoms with Gasteiger partial charge in [-0.3, -0.25) is 4.18 Å². The monoisotopic (exact) mass is 262 g/mol. The van der Waals surface area contributed by atoms with E-state index >= 15 is 0 Å². The molecule has 0 fully saturated rings. The van der Waals surface area contributed by atoms with E-state index < -0.39 is 16.1 Å². The van der Waals surface area contributed by atoms with E-state index in [-0.39, 0.29) is 12.0 Å². The summed E-state index contributed by atoms with van der Waals surface area (Å²) in [5.41, 5.74) is -0.233. The summed E-state index contributed by atoms with van der Waals surface area (Å²) in [7, 11) is -2.47. The molecule has 0 saturated carbocycles. The van der Waals surface area contributed by atoms with E-state index in [0.29, 0.717) is 0 Å². The normalized spacial score (nSPS) is 13.4. The van der Waals surface area contributed by atoms with E-state index in [1.807, 2.05) is 20.8 Å². The van der Waals surface area contributed by atoms with Crippen LogP contribution in [0.1, 0.15) is 20.8 Å². The summed E-state index contributed by atoms with van der Waals surface area (Å²) in [6.45, 7) is 5.69. The van der Waals surface area contributed by atoms with Crippen molar-refractivity contribution in [2.45, 2.75) is 20.8 Å². The molecule has 98 valence electrons. The van der Waals surface area contributed by atoms with Gasteiger partial charge in [-0.25, -0.2) is 4.79 Å². The van der Waals surface area contributed by atoms with Crippen molar-refractivity contribution in [2.75, 3.05) is 13.7 Å². The van der Waals surface area contributed by atoms with Crippen LogP contribution in [0.25, 0.3) is 0 Å². The summed E-state index contributed by atoms with van der Waals surface area (Å²) in [4.78, 5) is 10.7. The molecule has 0 aromatic rings. The molecule has 17 heavy (non-hydrogen) atoms. The number of methoxy groups -OCH3 is 1. The third kappa shape index (κ3) is 9.77. The number of carbonyl (C=O) groups is 1. The molecule has 0 aromatic carbocycles. The van der Waals surface area contributed by atoms with Crippen molar-refractivity contribution in [3.63, 3.8) is 0 Å². The Morgan fingerprint density at radius 2 is 1.82 bits per heavy atom.